The highest BCUT2D eigenvalue weighted by atomic mass is 35.5. The third-order valence-corrected chi connectivity index (χ3v) is 2.05. The quantitative estimate of drug-likeness (QED) is 0.578. The first kappa shape index (κ1) is 11.0. The van der Waals surface area contributed by atoms with Gasteiger partial charge in [-0.1, -0.05) is 0 Å². The van der Waals surface area contributed by atoms with E-state index in [1.807, 2.05) is 0 Å². The zero-order valence-corrected chi connectivity index (χ0v) is 8.18. The van der Waals surface area contributed by atoms with Gasteiger partial charge < -0.3 is 0 Å². The molecule has 0 N–H and O–H groups in total. The summed E-state index contributed by atoms with van der Waals surface area (Å²) in [4.78, 5) is 14.2. The van der Waals surface area contributed by atoms with Crippen LogP contribution in [0.2, 0.25) is 0 Å². The number of carbonyl (C=O) groups is 1. The van der Waals surface area contributed by atoms with Crippen molar-refractivity contribution >= 4 is 17.9 Å². The minimum atomic E-state index is -2.71. The number of alkyl halides is 3. The zero-order chi connectivity index (χ0) is 10.7. The largest absolute Gasteiger partial charge is 0.298 e. The summed E-state index contributed by atoms with van der Waals surface area (Å²) >= 11 is 5.48. The molecule has 1 rings (SSSR count). The summed E-state index contributed by atoms with van der Waals surface area (Å²) in [5, 5.41) is 0. The molecular weight excluding hydrogens is 212 g/mol. The van der Waals surface area contributed by atoms with Crippen LogP contribution < -0.4 is 0 Å². The second-order valence-corrected chi connectivity index (χ2v) is 3.04. The van der Waals surface area contributed by atoms with Gasteiger partial charge in [-0.2, -0.15) is 0 Å². The molecule has 1 aromatic rings. The van der Waals surface area contributed by atoms with E-state index in [4.69, 9.17) is 11.6 Å². The van der Waals surface area contributed by atoms with E-state index in [9.17, 15) is 13.6 Å². The van der Waals surface area contributed by atoms with Gasteiger partial charge in [0.1, 0.15) is 5.69 Å². The van der Waals surface area contributed by atoms with Gasteiger partial charge in [0.25, 0.3) is 6.43 Å². The van der Waals surface area contributed by atoms with Gasteiger partial charge in [-0.15, -0.1) is 11.6 Å². The number of carbonyl (C=O) groups excluding carboxylic acids is 1. The predicted molar refractivity (Wildman–Crippen MR) is 48.9 cm³/mol. The summed E-state index contributed by atoms with van der Waals surface area (Å²) in [5.41, 5.74) is 0.281. The molecule has 0 fully saturated rings. The van der Waals surface area contributed by atoms with E-state index in [2.05, 4.69) is 4.98 Å². The summed E-state index contributed by atoms with van der Waals surface area (Å²) < 4.78 is 24.9. The fraction of sp³-hybridized carbons (Fsp3) is 0.333. The molecule has 0 atom stereocenters. The summed E-state index contributed by atoms with van der Waals surface area (Å²) in [6.45, 7) is 1.55. The molecule has 2 nitrogen and oxygen atoms in total. The normalized spacial score (nSPS) is 10.6. The smallest absolute Gasteiger partial charge is 0.280 e. The Morgan fingerprint density at radius 1 is 1.64 bits per heavy atom. The molecule has 0 spiro atoms. The number of aryl methyl sites for hydroxylation is 1. The highest BCUT2D eigenvalue weighted by Crippen LogP contribution is 2.25. The van der Waals surface area contributed by atoms with Crippen LogP contribution in [0.15, 0.2) is 6.07 Å². The van der Waals surface area contributed by atoms with Crippen molar-refractivity contribution in [3.05, 3.63) is 28.6 Å². The molecule has 0 aromatic carbocycles. The van der Waals surface area contributed by atoms with Crippen LogP contribution in [0.1, 0.15) is 33.7 Å². The van der Waals surface area contributed by atoms with Gasteiger partial charge in [0, 0.05) is 16.8 Å². The molecule has 0 saturated carbocycles. The monoisotopic (exact) mass is 219 g/mol. The molecule has 5 heteroatoms. The number of nitrogens with zero attached hydrogens (tertiary/aromatic N) is 1. The van der Waals surface area contributed by atoms with Crippen LogP contribution in [0.3, 0.4) is 0 Å². The molecule has 0 radical (unpaired) electrons. The standard InChI is InChI=1S/C9H8ClF2NO/c1-5-2-6(4-14)7(3-10)8(13-5)9(11)12/h2,4,9H,3H2,1H3. The average Bonchev–Trinajstić information content (AvgIpc) is 2.16. The van der Waals surface area contributed by atoms with Crippen molar-refractivity contribution in [2.75, 3.05) is 0 Å². The van der Waals surface area contributed by atoms with Crippen molar-refractivity contribution in [3.8, 4) is 0 Å². The van der Waals surface area contributed by atoms with Crippen molar-refractivity contribution in [2.24, 2.45) is 0 Å². The van der Waals surface area contributed by atoms with Gasteiger partial charge in [0.15, 0.2) is 6.29 Å². The van der Waals surface area contributed by atoms with Gasteiger partial charge in [0.05, 0.1) is 5.88 Å². The van der Waals surface area contributed by atoms with Crippen LogP contribution in [0.25, 0.3) is 0 Å². The van der Waals surface area contributed by atoms with Crippen molar-refractivity contribution in [2.45, 2.75) is 19.2 Å². The number of pyridine rings is 1. The van der Waals surface area contributed by atoms with Gasteiger partial charge in [-0.05, 0) is 13.0 Å². The third-order valence-electron chi connectivity index (χ3n) is 1.79. The van der Waals surface area contributed by atoms with Crippen LogP contribution in [-0.4, -0.2) is 11.3 Å². The fourth-order valence-corrected chi connectivity index (χ4v) is 1.47. The van der Waals surface area contributed by atoms with Gasteiger partial charge in [0.2, 0.25) is 0 Å². The predicted octanol–water partition coefficient (Wildman–Crippen LogP) is 2.88. The lowest BCUT2D eigenvalue weighted by Crippen LogP contribution is -2.03. The maximum absolute atomic E-state index is 12.5. The molecule has 0 aliphatic carbocycles. The fourth-order valence-electron chi connectivity index (χ4n) is 1.18. The number of aldehydes is 1. The van der Waals surface area contributed by atoms with Crippen LogP contribution in [-0.2, 0) is 5.88 Å². The first-order chi connectivity index (χ1) is 6.60. The van der Waals surface area contributed by atoms with Gasteiger partial charge in [-0.3, -0.25) is 9.78 Å². The van der Waals surface area contributed by atoms with E-state index >= 15 is 0 Å². The molecule has 0 amide bonds. The molecule has 1 heterocycles. The van der Waals surface area contributed by atoms with Crippen LogP contribution in [0, 0.1) is 6.92 Å². The Bertz CT molecular complexity index is 355. The molecule has 14 heavy (non-hydrogen) atoms. The lowest BCUT2D eigenvalue weighted by atomic mass is 10.1. The highest BCUT2D eigenvalue weighted by Gasteiger charge is 2.17. The maximum atomic E-state index is 12.5. The Kier molecular flexibility index (Phi) is 3.52. The number of hydrogen-bond acceptors (Lipinski definition) is 2. The molecule has 0 saturated heterocycles. The minimum absolute atomic E-state index is 0.113. The van der Waals surface area contributed by atoms with Gasteiger partial charge in [-0.25, -0.2) is 8.78 Å². The van der Waals surface area contributed by atoms with E-state index < -0.39 is 12.1 Å². The molecule has 0 aliphatic rings. The Balaban J connectivity index is 3.39. The van der Waals surface area contributed by atoms with Crippen molar-refractivity contribution < 1.29 is 13.6 Å². The van der Waals surface area contributed by atoms with E-state index in [1.54, 1.807) is 6.92 Å². The second-order valence-electron chi connectivity index (χ2n) is 2.77. The summed E-state index contributed by atoms with van der Waals surface area (Å²) in [6.07, 6.45) is -2.19. The molecule has 1 aromatic heterocycles. The van der Waals surface area contributed by atoms with E-state index in [1.165, 1.54) is 6.07 Å². The third kappa shape index (κ3) is 2.07. The summed E-state index contributed by atoms with van der Waals surface area (Å²) in [7, 11) is 0. The van der Waals surface area contributed by atoms with Crippen molar-refractivity contribution in [3.63, 3.8) is 0 Å². The first-order valence-corrected chi connectivity index (χ1v) is 4.43. The lowest BCUT2D eigenvalue weighted by Gasteiger charge is -2.08. The number of aromatic nitrogens is 1. The Morgan fingerprint density at radius 2 is 2.29 bits per heavy atom. The van der Waals surface area contributed by atoms with Crippen molar-refractivity contribution in [1.29, 1.82) is 0 Å². The molecule has 0 unspecified atom stereocenters. The molecule has 76 valence electrons. The maximum Gasteiger partial charge on any atom is 0.280 e. The Labute approximate surface area is 84.9 Å². The van der Waals surface area contributed by atoms with E-state index in [0.717, 1.165) is 0 Å². The number of rotatable bonds is 3. The lowest BCUT2D eigenvalue weighted by molar-refractivity contribution is 0.112. The molecule has 0 bridgehead atoms. The number of halogens is 3. The van der Waals surface area contributed by atoms with Gasteiger partial charge >= 0.3 is 0 Å². The summed E-state index contributed by atoms with van der Waals surface area (Å²) in [5.74, 6) is -0.138. The van der Waals surface area contributed by atoms with Crippen LogP contribution in [0.4, 0.5) is 8.78 Å². The highest BCUT2D eigenvalue weighted by molar-refractivity contribution is 6.17. The van der Waals surface area contributed by atoms with Crippen LogP contribution >= 0.6 is 11.6 Å². The van der Waals surface area contributed by atoms with E-state index in [-0.39, 0.29) is 17.0 Å². The average molecular weight is 220 g/mol. The zero-order valence-electron chi connectivity index (χ0n) is 7.43. The second kappa shape index (κ2) is 4.46. The Morgan fingerprint density at radius 3 is 2.71 bits per heavy atom. The molecule has 0 aliphatic heterocycles. The van der Waals surface area contributed by atoms with Crippen molar-refractivity contribution in [1.82, 2.24) is 4.98 Å². The minimum Gasteiger partial charge on any atom is -0.298 e. The topological polar surface area (TPSA) is 30.0 Å². The molecular formula is C9H8ClF2NO. The van der Waals surface area contributed by atoms with E-state index in [0.29, 0.717) is 12.0 Å². The number of hydrogen-bond donors (Lipinski definition) is 0. The first-order valence-electron chi connectivity index (χ1n) is 3.89. The SMILES string of the molecule is Cc1cc(C=O)c(CCl)c(C(F)F)n1. The Hall–Kier alpha value is -1.03. The van der Waals surface area contributed by atoms with Crippen LogP contribution in [0.5, 0.6) is 0 Å². The summed E-state index contributed by atoms with van der Waals surface area (Å²) in [6, 6.07) is 1.44.